The Hall–Kier alpha value is -1.35. The summed E-state index contributed by atoms with van der Waals surface area (Å²) in [6.45, 7) is 10.9. The first-order valence-electron chi connectivity index (χ1n) is 6.90. The van der Waals surface area contributed by atoms with Crippen LogP contribution in [0.4, 0.5) is 0 Å². The number of aryl methyl sites for hydroxylation is 3. The summed E-state index contributed by atoms with van der Waals surface area (Å²) >= 11 is 0. The van der Waals surface area contributed by atoms with E-state index in [1.54, 1.807) is 0 Å². The van der Waals surface area contributed by atoms with Crippen LogP contribution in [-0.4, -0.2) is 28.9 Å². The molecule has 1 atom stereocenters. The number of hydrogen-bond donors (Lipinski definition) is 1. The summed E-state index contributed by atoms with van der Waals surface area (Å²) in [5.74, 6) is 0.118. The lowest BCUT2D eigenvalue weighted by Crippen LogP contribution is -2.51. The van der Waals surface area contributed by atoms with Crippen LogP contribution in [0.5, 0.6) is 0 Å². The molecule has 0 bridgehead atoms. The van der Waals surface area contributed by atoms with Gasteiger partial charge >= 0.3 is 0 Å². The molecule has 1 aliphatic rings. The maximum absolute atomic E-state index is 12.8. The fraction of sp³-hybridized carbons (Fsp3) is 0.562. The van der Waals surface area contributed by atoms with Crippen LogP contribution in [0, 0.1) is 20.8 Å². The number of likely N-dealkylation sites (tertiary alicyclic amines) is 1. The Bertz CT molecular complexity index is 496. The first-order valence-corrected chi connectivity index (χ1v) is 6.90. The van der Waals surface area contributed by atoms with Crippen molar-refractivity contribution >= 4 is 5.91 Å². The lowest BCUT2D eigenvalue weighted by Gasteiger charge is -2.35. The molecule has 19 heavy (non-hydrogen) atoms. The van der Waals surface area contributed by atoms with E-state index in [0.717, 1.165) is 29.7 Å². The lowest BCUT2D eigenvalue weighted by atomic mass is 9.94. The van der Waals surface area contributed by atoms with E-state index in [-0.39, 0.29) is 17.5 Å². The van der Waals surface area contributed by atoms with Gasteiger partial charge < -0.3 is 10.6 Å². The third-order valence-corrected chi connectivity index (χ3v) is 4.40. The second-order valence-electron chi connectivity index (χ2n) is 6.28. The van der Waals surface area contributed by atoms with Gasteiger partial charge in [0.05, 0.1) is 5.54 Å². The number of rotatable bonds is 1. The fourth-order valence-corrected chi connectivity index (χ4v) is 3.13. The molecule has 2 N–H and O–H groups in total. The summed E-state index contributed by atoms with van der Waals surface area (Å²) in [7, 11) is 0. The predicted octanol–water partition coefficient (Wildman–Crippen LogP) is 2.56. The predicted molar refractivity (Wildman–Crippen MR) is 78.4 cm³/mol. The van der Waals surface area contributed by atoms with E-state index in [1.165, 1.54) is 5.56 Å². The third kappa shape index (κ3) is 2.27. The Labute approximate surface area is 115 Å². The molecule has 1 unspecified atom stereocenters. The summed E-state index contributed by atoms with van der Waals surface area (Å²) in [4.78, 5) is 14.8. The number of carbonyl (C=O) groups excluding carboxylic acids is 1. The van der Waals surface area contributed by atoms with E-state index < -0.39 is 0 Å². The van der Waals surface area contributed by atoms with Crippen molar-refractivity contribution in [1.82, 2.24) is 4.90 Å². The van der Waals surface area contributed by atoms with Gasteiger partial charge in [0.15, 0.2) is 0 Å². The zero-order valence-corrected chi connectivity index (χ0v) is 12.6. The van der Waals surface area contributed by atoms with Crippen molar-refractivity contribution in [3.8, 4) is 0 Å². The van der Waals surface area contributed by atoms with Gasteiger partial charge in [-0.2, -0.15) is 0 Å². The van der Waals surface area contributed by atoms with Gasteiger partial charge in [0.1, 0.15) is 0 Å². The van der Waals surface area contributed by atoms with E-state index in [4.69, 9.17) is 5.73 Å². The highest BCUT2D eigenvalue weighted by Crippen LogP contribution is 2.30. The van der Waals surface area contributed by atoms with Gasteiger partial charge in [0.2, 0.25) is 0 Å². The zero-order valence-electron chi connectivity index (χ0n) is 12.6. The number of nitrogens with zero attached hydrogens (tertiary/aromatic N) is 1. The molecule has 0 aliphatic carbocycles. The van der Waals surface area contributed by atoms with Gasteiger partial charge in [0.25, 0.3) is 5.91 Å². The van der Waals surface area contributed by atoms with E-state index in [9.17, 15) is 4.79 Å². The topological polar surface area (TPSA) is 46.3 Å². The Balaban J connectivity index is 2.41. The Kier molecular flexibility index (Phi) is 3.43. The van der Waals surface area contributed by atoms with Gasteiger partial charge in [-0.05, 0) is 52.2 Å². The minimum atomic E-state index is -0.263. The molecule has 1 fully saturated rings. The van der Waals surface area contributed by atoms with Crippen molar-refractivity contribution in [3.05, 3.63) is 34.4 Å². The van der Waals surface area contributed by atoms with Gasteiger partial charge in [-0.1, -0.05) is 17.7 Å². The monoisotopic (exact) mass is 260 g/mol. The molecule has 3 nitrogen and oxygen atoms in total. The highest BCUT2D eigenvalue weighted by atomic mass is 16.2. The normalized spacial score (nSPS) is 21.8. The minimum absolute atomic E-state index is 0.0579. The third-order valence-electron chi connectivity index (χ3n) is 4.40. The summed E-state index contributed by atoms with van der Waals surface area (Å²) in [5, 5.41) is 0. The SMILES string of the molecule is Cc1cc(C)c(C(=O)N2CCC(N)C2(C)C)c(C)c1. The lowest BCUT2D eigenvalue weighted by molar-refractivity contribution is 0.0635. The van der Waals surface area contributed by atoms with Gasteiger partial charge in [0, 0.05) is 18.2 Å². The maximum Gasteiger partial charge on any atom is 0.254 e. The largest absolute Gasteiger partial charge is 0.332 e. The Morgan fingerprint density at radius 1 is 1.26 bits per heavy atom. The van der Waals surface area contributed by atoms with Crippen LogP contribution in [0.1, 0.15) is 47.3 Å². The zero-order chi connectivity index (χ0) is 14.4. The fourth-order valence-electron chi connectivity index (χ4n) is 3.13. The molecule has 104 valence electrons. The van der Waals surface area contributed by atoms with E-state index in [1.807, 2.05) is 18.7 Å². The minimum Gasteiger partial charge on any atom is -0.332 e. The van der Waals surface area contributed by atoms with Crippen LogP contribution in [0.3, 0.4) is 0 Å². The van der Waals surface area contributed by atoms with E-state index in [0.29, 0.717) is 0 Å². The van der Waals surface area contributed by atoms with Gasteiger partial charge in [-0.15, -0.1) is 0 Å². The quantitative estimate of drug-likeness (QED) is 0.843. The summed E-state index contributed by atoms with van der Waals surface area (Å²) in [6.07, 6.45) is 0.878. The van der Waals surface area contributed by atoms with Crippen LogP contribution >= 0.6 is 0 Å². The molecule has 1 aromatic rings. The number of carbonyl (C=O) groups is 1. The highest BCUT2D eigenvalue weighted by molar-refractivity contribution is 5.97. The maximum atomic E-state index is 12.8. The van der Waals surface area contributed by atoms with Gasteiger partial charge in [-0.3, -0.25) is 4.79 Å². The molecule has 0 saturated carbocycles. The number of nitrogens with two attached hydrogens (primary N) is 1. The second-order valence-corrected chi connectivity index (χ2v) is 6.28. The number of hydrogen-bond acceptors (Lipinski definition) is 2. The average Bonchev–Trinajstić information content (AvgIpc) is 2.52. The van der Waals surface area contributed by atoms with Crippen molar-refractivity contribution in [2.75, 3.05) is 6.54 Å². The molecule has 1 aliphatic heterocycles. The number of amides is 1. The van der Waals surface area contributed by atoms with Crippen molar-refractivity contribution in [2.45, 2.75) is 52.6 Å². The average molecular weight is 260 g/mol. The molecule has 3 heteroatoms. The molecule has 1 saturated heterocycles. The van der Waals surface area contributed by atoms with Crippen LogP contribution < -0.4 is 5.73 Å². The molecular weight excluding hydrogens is 236 g/mol. The second kappa shape index (κ2) is 4.64. The van der Waals surface area contributed by atoms with Crippen molar-refractivity contribution < 1.29 is 4.79 Å². The van der Waals surface area contributed by atoms with Crippen LogP contribution in [0.15, 0.2) is 12.1 Å². The molecule has 0 spiro atoms. The van der Waals surface area contributed by atoms with Crippen molar-refractivity contribution in [2.24, 2.45) is 5.73 Å². The van der Waals surface area contributed by atoms with Crippen molar-refractivity contribution in [1.29, 1.82) is 0 Å². The van der Waals surface area contributed by atoms with E-state index in [2.05, 4.69) is 32.9 Å². The van der Waals surface area contributed by atoms with Crippen LogP contribution in [0.2, 0.25) is 0 Å². The van der Waals surface area contributed by atoms with Crippen LogP contribution in [0.25, 0.3) is 0 Å². The number of benzene rings is 1. The molecule has 0 aromatic heterocycles. The molecule has 1 aromatic carbocycles. The summed E-state index contributed by atoms with van der Waals surface area (Å²) in [6, 6.07) is 4.20. The summed E-state index contributed by atoms with van der Waals surface area (Å²) in [5.41, 5.74) is 10.0. The standard InChI is InChI=1S/C16H24N2O/c1-10-8-11(2)14(12(3)9-10)15(19)18-7-6-13(17)16(18,4)5/h8-9,13H,6-7,17H2,1-5H3. The molecule has 2 rings (SSSR count). The Morgan fingerprint density at radius 3 is 2.21 bits per heavy atom. The Morgan fingerprint density at radius 2 is 1.79 bits per heavy atom. The van der Waals surface area contributed by atoms with E-state index >= 15 is 0 Å². The molecule has 1 amide bonds. The molecular formula is C16H24N2O. The van der Waals surface area contributed by atoms with Crippen molar-refractivity contribution in [3.63, 3.8) is 0 Å². The smallest absolute Gasteiger partial charge is 0.254 e. The summed E-state index contributed by atoms with van der Waals surface area (Å²) < 4.78 is 0. The van der Waals surface area contributed by atoms with Crippen LogP contribution in [-0.2, 0) is 0 Å². The van der Waals surface area contributed by atoms with Gasteiger partial charge in [-0.25, -0.2) is 0 Å². The molecule has 0 radical (unpaired) electrons. The first-order chi connectivity index (χ1) is 8.75. The highest BCUT2D eigenvalue weighted by Gasteiger charge is 2.42. The molecule has 1 heterocycles. The first kappa shape index (κ1) is 14.1.